The lowest BCUT2D eigenvalue weighted by molar-refractivity contribution is 0.141. The molecule has 0 radical (unpaired) electrons. The van der Waals surface area contributed by atoms with Crippen LogP contribution >= 0.6 is 11.6 Å². The van der Waals surface area contributed by atoms with Crippen LogP contribution in [0.1, 0.15) is 51.4 Å². The Morgan fingerprint density at radius 1 is 0.727 bits per heavy atom. The summed E-state index contributed by atoms with van der Waals surface area (Å²) in [6.07, 6.45) is 10.3. The van der Waals surface area contributed by atoms with Gasteiger partial charge in [0.2, 0.25) is 0 Å². The third-order valence-corrected chi connectivity index (χ3v) is 6.01. The van der Waals surface area contributed by atoms with Crippen molar-refractivity contribution in [2.24, 2.45) is 11.8 Å². The maximum Gasteiger partial charge on any atom is 0.0459 e. The molecule has 1 N–H and O–H groups in total. The minimum Gasteiger partial charge on any atom is -0.396 e. The third-order valence-electron chi connectivity index (χ3n) is 5.57. The molecular weight excluding hydrogens is 296 g/mol. The largest absolute Gasteiger partial charge is 0.396 e. The molecule has 22 heavy (non-hydrogen) atoms. The molecule has 2 fully saturated rings. The fourth-order valence-electron chi connectivity index (χ4n) is 3.66. The van der Waals surface area contributed by atoms with Gasteiger partial charge in [-0.15, -0.1) is 11.6 Å². The van der Waals surface area contributed by atoms with Gasteiger partial charge in [-0.1, -0.05) is 0 Å². The van der Waals surface area contributed by atoms with E-state index >= 15 is 0 Å². The Hall–Kier alpha value is 0.170. The average molecular weight is 333 g/mol. The summed E-state index contributed by atoms with van der Waals surface area (Å²) >= 11 is 5.79. The van der Waals surface area contributed by atoms with E-state index in [1.807, 2.05) is 0 Å². The zero-order chi connectivity index (χ0) is 16.5. The Bertz CT molecular complexity index is 242. The van der Waals surface area contributed by atoms with Gasteiger partial charge in [0, 0.05) is 24.6 Å². The predicted octanol–water partition coefficient (Wildman–Crippen LogP) is 3.44. The van der Waals surface area contributed by atoms with Gasteiger partial charge in [0.25, 0.3) is 0 Å². The van der Waals surface area contributed by atoms with Crippen molar-refractivity contribution in [3.05, 3.63) is 0 Å². The van der Waals surface area contributed by atoms with E-state index in [-0.39, 0.29) is 0 Å². The molecular formula is C18H37ClN2O. The highest BCUT2D eigenvalue weighted by Crippen LogP contribution is 2.27. The van der Waals surface area contributed by atoms with Crippen LogP contribution in [0, 0.1) is 11.8 Å². The fourth-order valence-corrected chi connectivity index (χ4v) is 3.97. The molecule has 0 atom stereocenters. The molecule has 0 aromatic rings. The van der Waals surface area contributed by atoms with Crippen molar-refractivity contribution < 1.29 is 5.11 Å². The van der Waals surface area contributed by atoms with E-state index in [9.17, 15) is 0 Å². The first kappa shape index (κ1) is 20.2. The van der Waals surface area contributed by atoms with Crippen molar-refractivity contribution in [3.63, 3.8) is 0 Å². The molecule has 132 valence electrons. The van der Waals surface area contributed by atoms with Crippen LogP contribution in [0.15, 0.2) is 0 Å². The summed E-state index contributed by atoms with van der Waals surface area (Å²) in [6.45, 7) is 0.389. The lowest BCUT2D eigenvalue weighted by Gasteiger charge is -2.31. The summed E-state index contributed by atoms with van der Waals surface area (Å²) < 4.78 is 0. The molecule has 0 saturated heterocycles. The highest BCUT2D eigenvalue weighted by atomic mass is 35.5. The van der Waals surface area contributed by atoms with Gasteiger partial charge in [0.05, 0.1) is 0 Å². The van der Waals surface area contributed by atoms with Gasteiger partial charge < -0.3 is 14.9 Å². The molecule has 3 nitrogen and oxygen atoms in total. The van der Waals surface area contributed by atoms with Crippen molar-refractivity contribution in [2.75, 3.05) is 40.7 Å². The van der Waals surface area contributed by atoms with E-state index in [0.29, 0.717) is 12.5 Å². The zero-order valence-corrected chi connectivity index (χ0v) is 15.9. The maximum atomic E-state index is 8.90. The summed E-state index contributed by atoms with van der Waals surface area (Å²) in [7, 11) is 8.63. The Balaban J connectivity index is 0.000000220. The molecule has 0 bridgehead atoms. The Morgan fingerprint density at radius 2 is 1.09 bits per heavy atom. The SMILES string of the molecule is CN(C)C1CCC(CCl)CC1.CN(C)C1CCC(CO)CC1. The Morgan fingerprint density at radius 3 is 1.36 bits per heavy atom. The van der Waals surface area contributed by atoms with Gasteiger partial charge in [-0.2, -0.15) is 0 Å². The number of hydrogen-bond donors (Lipinski definition) is 1. The minimum atomic E-state index is 0.389. The molecule has 2 rings (SSSR count). The first-order valence-electron chi connectivity index (χ1n) is 8.97. The third kappa shape index (κ3) is 7.16. The van der Waals surface area contributed by atoms with Crippen LogP contribution in [0.2, 0.25) is 0 Å². The average Bonchev–Trinajstić information content (AvgIpc) is 2.55. The van der Waals surface area contributed by atoms with E-state index in [1.165, 1.54) is 51.4 Å². The normalized spacial score (nSPS) is 32.7. The van der Waals surface area contributed by atoms with Gasteiger partial charge in [0.15, 0.2) is 0 Å². The topological polar surface area (TPSA) is 26.7 Å². The Labute approximate surface area is 143 Å². The summed E-state index contributed by atoms with van der Waals surface area (Å²) in [5, 5.41) is 8.90. The molecule has 0 aliphatic heterocycles. The van der Waals surface area contributed by atoms with Crippen molar-refractivity contribution in [1.82, 2.24) is 9.80 Å². The molecule has 2 aliphatic carbocycles. The van der Waals surface area contributed by atoms with Crippen molar-refractivity contribution in [3.8, 4) is 0 Å². The number of rotatable bonds is 4. The Kier molecular flexibility index (Phi) is 9.97. The second-order valence-corrected chi connectivity index (χ2v) is 7.92. The molecule has 0 spiro atoms. The molecule has 0 heterocycles. The highest BCUT2D eigenvalue weighted by Gasteiger charge is 2.22. The number of aliphatic hydroxyl groups is 1. The first-order chi connectivity index (χ1) is 10.5. The van der Waals surface area contributed by atoms with Crippen LogP contribution in [0.4, 0.5) is 0 Å². The lowest BCUT2D eigenvalue weighted by atomic mass is 9.86. The highest BCUT2D eigenvalue weighted by molar-refractivity contribution is 6.18. The van der Waals surface area contributed by atoms with E-state index in [0.717, 1.165) is 23.9 Å². The monoisotopic (exact) mass is 332 g/mol. The van der Waals surface area contributed by atoms with Gasteiger partial charge in [-0.05, 0) is 91.4 Å². The van der Waals surface area contributed by atoms with Crippen molar-refractivity contribution in [2.45, 2.75) is 63.5 Å². The van der Waals surface area contributed by atoms with E-state index < -0.39 is 0 Å². The van der Waals surface area contributed by atoms with Crippen LogP contribution in [0.5, 0.6) is 0 Å². The standard InChI is InChI=1S/C9H18ClN.C9H19NO/c1-11(2)9-5-3-8(7-10)4-6-9;1-10(2)9-5-3-8(7-11)4-6-9/h8-9H,3-7H2,1-2H3;8-9,11H,3-7H2,1-2H3. The fraction of sp³-hybridized carbons (Fsp3) is 1.00. The maximum absolute atomic E-state index is 8.90. The number of hydrogen-bond acceptors (Lipinski definition) is 3. The van der Waals surface area contributed by atoms with Crippen LogP contribution < -0.4 is 0 Å². The van der Waals surface area contributed by atoms with Gasteiger partial charge in [-0.25, -0.2) is 0 Å². The van der Waals surface area contributed by atoms with E-state index in [2.05, 4.69) is 38.0 Å². The number of halogens is 1. The van der Waals surface area contributed by atoms with Crippen molar-refractivity contribution >= 4 is 11.6 Å². The predicted molar refractivity (Wildman–Crippen MR) is 96.7 cm³/mol. The zero-order valence-electron chi connectivity index (χ0n) is 15.1. The van der Waals surface area contributed by atoms with Gasteiger partial charge in [-0.3, -0.25) is 0 Å². The lowest BCUT2D eigenvalue weighted by Crippen LogP contribution is -2.32. The van der Waals surface area contributed by atoms with Crippen LogP contribution in [0.25, 0.3) is 0 Å². The number of alkyl halides is 1. The summed E-state index contributed by atoms with van der Waals surface area (Å²) in [6, 6.07) is 1.58. The summed E-state index contributed by atoms with van der Waals surface area (Å²) in [5.74, 6) is 2.25. The second kappa shape index (κ2) is 10.9. The molecule has 0 aromatic carbocycles. The summed E-state index contributed by atoms with van der Waals surface area (Å²) in [4.78, 5) is 4.64. The van der Waals surface area contributed by atoms with E-state index in [4.69, 9.17) is 16.7 Å². The molecule has 0 amide bonds. The van der Waals surface area contributed by atoms with Gasteiger partial charge >= 0.3 is 0 Å². The molecule has 0 unspecified atom stereocenters. The van der Waals surface area contributed by atoms with E-state index in [1.54, 1.807) is 0 Å². The first-order valence-corrected chi connectivity index (χ1v) is 9.51. The molecule has 0 aromatic heterocycles. The van der Waals surface area contributed by atoms with Crippen LogP contribution in [0.3, 0.4) is 0 Å². The van der Waals surface area contributed by atoms with Gasteiger partial charge in [0.1, 0.15) is 0 Å². The summed E-state index contributed by atoms with van der Waals surface area (Å²) in [5.41, 5.74) is 0. The smallest absolute Gasteiger partial charge is 0.0459 e. The number of aliphatic hydroxyl groups excluding tert-OH is 1. The molecule has 2 aliphatic rings. The quantitative estimate of drug-likeness (QED) is 0.799. The molecule has 2 saturated carbocycles. The second-order valence-electron chi connectivity index (χ2n) is 7.61. The van der Waals surface area contributed by atoms with Crippen molar-refractivity contribution in [1.29, 1.82) is 0 Å². The minimum absolute atomic E-state index is 0.389. The number of nitrogens with zero attached hydrogens (tertiary/aromatic N) is 2. The van der Waals surface area contributed by atoms with Crippen LogP contribution in [-0.4, -0.2) is 67.7 Å². The molecule has 4 heteroatoms. The van der Waals surface area contributed by atoms with Crippen LogP contribution in [-0.2, 0) is 0 Å².